The van der Waals surface area contributed by atoms with Crippen LogP contribution < -0.4 is 11.1 Å². The molecule has 0 aliphatic rings. The monoisotopic (exact) mass is 223 g/mol. The van der Waals surface area contributed by atoms with Crippen molar-refractivity contribution in [2.24, 2.45) is 11.7 Å². The maximum Gasteiger partial charge on any atom is 0.222 e. The van der Waals surface area contributed by atoms with Crippen LogP contribution >= 0.6 is 0 Å². The van der Waals surface area contributed by atoms with Crippen LogP contribution in [0.3, 0.4) is 0 Å². The number of aromatic nitrogens is 1. The van der Waals surface area contributed by atoms with Gasteiger partial charge in [0.15, 0.2) is 0 Å². The first-order valence-electron chi connectivity index (χ1n) is 5.73. The van der Waals surface area contributed by atoms with E-state index in [-0.39, 0.29) is 11.8 Å². The predicted molar refractivity (Wildman–Crippen MR) is 64.9 cm³/mol. The van der Waals surface area contributed by atoms with E-state index in [9.17, 15) is 4.79 Å². The SMILES string of the molecule is CCNC(C)c1ccn(CC(C)C(N)=O)c1. The van der Waals surface area contributed by atoms with Crippen molar-refractivity contribution in [2.45, 2.75) is 33.4 Å². The zero-order valence-electron chi connectivity index (χ0n) is 10.2. The van der Waals surface area contributed by atoms with Crippen molar-refractivity contribution in [3.63, 3.8) is 0 Å². The fraction of sp³-hybridized carbons (Fsp3) is 0.583. The van der Waals surface area contributed by atoms with Gasteiger partial charge in [0, 0.05) is 25.0 Å². The van der Waals surface area contributed by atoms with E-state index in [1.54, 1.807) is 0 Å². The molecule has 90 valence electrons. The van der Waals surface area contributed by atoms with Crippen LogP contribution in [0.15, 0.2) is 18.5 Å². The lowest BCUT2D eigenvalue weighted by atomic mass is 10.1. The van der Waals surface area contributed by atoms with Crippen molar-refractivity contribution in [1.82, 2.24) is 9.88 Å². The van der Waals surface area contributed by atoms with Crippen LogP contribution in [0.4, 0.5) is 0 Å². The van der Waals surface area contributed by atoms with Gasteiger partial charge in [0.05, 0.1) is 5.92 Å². The molecule has 0 spiro atoms. The second-order valence-corrected chi connectivity index (χ2v) is 4.22. The van der Waals surface area contributed by atoms with E-state index in [2.05, 4.69) is 31.4 Å². The number of amides is 1. The van der Waals surface area contributed by atoms with E-state index < -0.39 is 0 Å². The van der Waals surface area contributed by atoms with E-state index in [1.807, 2.05) is 17.7 Å². The van der Waals surface area contributed by atoms with Crippen molar-refractivity contribution in [1.29, 1.82) is 0 Å². The second-order valence-electron chi connectivity index (χ2n) is 4.22. The summed E-state index contributed by atoms with van der Waals surface area (Å²) < 4.78 is 2.01. The number of carbonyl (C=O) groups excluding carboxylic acids is 1. The largest absolute Gasteiger partial charge is 0.369 e. The molecule has 1 aromatic heterocycles. The maximum absolute atomic E-state index is 10.9. The van der Waals surface area contributed by atoms with Crippen molar-refractivity contribution >= 4 is 5.91 Å². The molecule has 0 radical (unpaired) electrons. The molecule has 0 aliphatic carbocycles. The van der Waals surface area contributed by atoms with Crippen molar-refractivity contribution in [2.75, 3.05) is 6.54 Å². The number of hydrogen-bond acceptors (Lipinski definition) is 2. The van der Waals surface area contributed by atoms with Gasteiger partial charge in [0.1, 0.15) is 0 Å². The van der Waals surface area contributed by atoms with Crippen molar-refractivity contribution < 1.29 is 4.79 Å². The molecule has 2 unspecified atom stereocenters. The predicted octanol–water partition coefficient (Wildman–Crippen LogP) is 1.28. The van der Waals surface area contributed by atoms with E-state index in [4.69, 9.17) is 5.73 Å². The highest BCUT2D eigenvalue weighted by Gasteiger charge is 2.10. The Balaban J connectivity index is 2.61. The van der Waals surface area contributed by atoms with Gasteiger partial charge in [-0.05, 0) is 25.1 Å². The number of rotatable bonds is 6. The van der Waals surface area contributed by atoms with Gasteiger partial charge in [-0.25, -0.2) is 0 Å². The number of hydrogen-bond donors (Lipinski definition) is 2. The van der Waals surface area contributed by atoms with E-state index in [0.717, 1.165) is 6.54 Å². The van der Waals surface area contributed by atoms with Gasteiger partial charge in [-0.1, -0.05) is 13.8 Å². The molecule has 0 saturated carbocycles. The van der Waals surface area contributed by atoms with E-state index in [1.165, 1.54) is 5.56 Å². The molecule has 0 saturated heterocycles. The van der Waals surface area contributed by atoms with Crippen molar-refractivity contribution in [3.05, 3.63) is 24.0 Å². The minimum Gasteiger partial charge on any atom is -0.369 e. The quantitative estimate of drug-likeness (QED) is 0.763. The highest BCUT2D eigenvalue weighted by Crippen LogP contribution is 2.13. The molecule has 4 heteroatoms. The first-order chi connectivity index (χ1) is 7.54. The lowest BCUT2D eigenvalue weighted by Crippen LogP contribution is -2.24. The molecule has 0 aromatic carbocycles. The molecule has 2 atom stereocenters. The fourth-order valence-electron chi connectivity index (χ4n) is 1.66. The molecular formula is C12H21N3O. The number of primary amides is 1. The van der Waals surface area contributed by atoms with E-state index >= 15 is 0 Å². The van der Waals surface area contributed by atoms with Gasteiger partial charge in [0.25, 0.3) is 0 Å². The Kier molecular flexibility index (Phi) is 4.55. The fourth-order valence-corrected chi connectivity index (χ4v) is 1.66. The van der Waals surface area contributed by atoms with Crippen LogP contribution in [-0.4, -0.2) is 17.0 Å². The molecule has 3 N–H and O–H groups in total. The van der Waals surface area contributed by atoms with Crippen LogP contribution in [0, 0.1) is 5.92 Å². The Hall–Kier alpha value is -1.29. The maximum atomic E-state index is 10.9. The van der Waals surface area contributed by atoms with Crippen LogP contribution in [0.5, 0.6) is 0 Å². The molecular weight excluding hydrogens is 202 g/mol. The second kappa shape index (κ2) is 5.70. The number of nitrogens with one attached hydrogen (secondary N) is 1. The summed E-state index contributed by atoms with van der Waals surface area (Å²) in [5.74, 6) is -0.385. The number of carbonyl (C=O) groups is 1. The van der Waals surface area contributed by atoms with Gasteiger partial charge < -0.3 is 15.6 Å². The van der Waals surface area contributed by atoms with Crippen LogP contribution in [-0.2, 0) is 11.3 Å². The first kappa shape index (κ1) is 12.8. The molecule has 1 heterocycles. The molecule has 1 amide bonds. The van der Waals surface area contributed by atoms with Gasteiger partial charge in [-0.3, -0.25) is 4.79 Å². The zero-order valence-corrected chi connectivity index (χ0v) is 10.2. The molecule has 0 bridgehead atoms. The Labute approximate surface area is 96.8 Å². The zero-order chi connectivity index (χ0) is 12.1. The Morgan fingerprint density at radius 2 is 2.25 bits per heavy atom. The van der Waals surface area contributed by atoms with Crippen LogP contribution in [0.1, 0.15) is 32.4 Å². The van der Waals surface area contributed by atoms with Gasteiger partial charge >= 0.3 is 0 Å². The summed E-state index contributed by atoms with van der Waals surface area (Å²) in [5, 5.41) is 3.35. The van der Waals surface area contributed by atoms with Crippen molar-refractivity contribution in [3.8, 4) is 0 Å². The lowest BCUT2D eigenvalue weighted by molar-refractivity contribution is -0.121. The first-order valence-corrected chi connectivity index (χ1v) is 5.73. The summed E-state index contributed by atoms with van der Waals surface area (Å²) in [5.41, 5.74) is 6.47. The van der Waals surface area contributed by atoms with Crippen LogP contribution in [0.25, 0.3) is 0 Å². The van der Waals surface area contributed by atoms with E-state index in [0.29, 0.717) is 12.6 Å². The summed E-state index contributed by atoms with van der Waals surface area (Å²) in [4.78, 5) is 10.9. The Bertz CT molecular complexity index is 346. The lowest BCUT2D eigenvalue weighted by Gasteiger charge is -2.11. The molecule has 4 nitrogen and oxygen atoms in total. The standard InChI is InChI=1S/C12H21N3O/c1-4-14-10(3)11-5-6-15(8-11)7-9(2)12(13)16/h5-6,8-10,14H,4,7H2,1-3H3,(H2,13,16). The minimum atomic E-state index is -0.255. The Morgan fingerprint density at radius 1 is 1.56 bits per heavy atom. The van der Waals surface area contributed by atoms with Gasteiger partial charge in [-0.15, -0.1) is 0 Å². The molecule has 1 aromatic rings. The Morgan fingerprint density at radius 3 is 2.81 bits per heavy atom. The summed E-state index contributed by atoms with van der Waals surface area (Å²) >= 11 is 0. The average Bonchev–Trinajstić information content (AvgIpc) is 2.66. The number of nitrogens with two attached hydrogens (primary N) is 1. The summed E-state index contributed by atoms with van der Waals surface area (Å²) in [7, 11) is 0. The van der Waals surface area contributed by atoms with Gasteiger partial charge in [-0.2, -0.15) is 0 Å². The smallest absolute Gasteiger partial charge is 0.222 e. The third-order valence-electron chi connectivity index (χ3n) is 2.75. The van der Waals surface area contributed by atoms with Crippen LogP contribution in [0.2, 0.25) is 0 Å². The molecule has 16 heavy (non-hydrogen) atoms. The molecule has 0 aliphatic heterocycles. The van der Waals surface area contributed by atoms with Gasteiger partial charge in [0.2, 0.25) is 5.91 Å². The number of nitrogens with zero attached hydrogens (tertiary/aromatic N) is 1. The molecule has 1 rings (SSSR count). The minimum absolute atomic E-state index is 0.130. The highest BCUT2D eigenvalue weighted by molar-refractivity contribution is 5.76. The highest BCUT2D eigenvalue weighted by atomic mass is 16.1. The summed E-state index contributed by atoms with van der Waals surface area (Å²) in [6.07, 6.45) is 4.05. The summed E-state index contributed by atoms with van der Waals surface area (Å²) in [6, 6.07) is 2.41. The third-order valence-corrected chi connectivity index (χ3v) is 2.75. The third kappa shape index (κ3) is 3.38. The average molecular weight is 223 g/mol. The summed E-state index contributed by atoms with van der Waals surface area (Å²) in [6.45, 7) is 7.65. The molecule has 0 fully saturated rings. The topological polar surface area (TPSA) is 60.1 Å². The normalized spacial score (nSPS) is 14.7.